The monoisotopic (exact) mass is 575 g/mol. The first-order valence-corrected chi connectivity index (χ1v) is 14.8. The summed E-state index contributed by atoms with van der Waals surface area (Å²) >= 11 is 0. The second-order valence-corrected chi connectivity index (χ2v) is 11.4. The summed E-state index contributed by atoms with van der Waals surface area (Å²) in [6, 6.07) is 2.20. The number of fused-ring (bicyclic) bond motifs is 4. The molecule has 1 N–H and O–H groups in total. The topological polar surface area (TPSA) is 111 Å². The minimum absolute atomic E-state index is 0.102. The number of H-pyrrole nitrogens is 1. The summed E-state index contributed by atoms with van der Waals surface area (Å²) in [5.74, 6) is 1.34. The fourth-order valence-corrected chi connectivity index (χ4v) is 6.04. The average Bonchev–Trinajstić information content (AvgIpc) is 3.60. The van der Waals surface area contributed by atoms with E-state index in [2.05, 4.69) is 62.8 Å². The van der Waals surface area contributed by atoms with Crippen molar-refractivity contribution in [1.82, 2.24) is 44.5 Å². The molecular weight excluding hydrogens is 534 g/mol. The Morgan fingerprint density at radius 3 is 2.76 bits per heavy atom. The quantitative estimate of drug-likeness (QED) is 0.382. The molecule has 2 aliphatic heterocycles. The Hall–Kier alpha value is -3.74. The van der Waals surface area contributed by atoms with Crippen molar-refractivity contribution >= 4 is 23.1 Å². The highest BCUT2D eigenvalue weighted by Gasteiger charge is 2.26. The van der Waals surface area contributed by atoms with Gasteiger partial charge in [-0.15, -0.1) is 5.10 Å². The van der Waals surface area contributed by atoms with Crippen molar-refractivity contribution in [3.63, 3.8) is 0 Å². The molecule has 2 bridgehead atoms. The lowest BCUT2D eigenvalue weighted by Crippen LogP contribution is -2.40. The smallest absolute Gasteiger partial charge is 0.240 e. The molecule has 0 aliphatic carbocycles. The van der Waals surface area contributed by atoms with Gasteiger partial charge in [0.05, 0.1) is 71.5 Å². The van der Waals surface area contributed by atoms with Crippen molar-refractivity contribution in [2.45, 2.75) is 46.4 Å². The molecule has 1 saturated heterocycles. The van der Waals surface area contributed by atoms with Crippen LogP contribution in [0.3, 0.4) is 0 Å². The second kappa shape index (κ2) is 11.9. The van der Waals surface area contributed by atoms with E-state index < -0.39 is 0 Å². The van der Waals surface area contributed by atoms with E-state index in [1.165, 1.54) is 0 Å². The van der Waals surface area contributed by atoms with E-state index in [0.29, 0.717) is 31.5 Å². The van der Waals surface area contributed by atoms with Crippen molar-refractivity contribution in [3.05, 3.63) is 34.9 Å². The van der Waals surface area contributed by atoms with Gasteiger partial charge in [0.2, 0.25) is 11.8 Å². The molecule has 42 heavy (non-hydrogen) atoms. The number of rotatable bonds is 5. The minimum atomic E-state index is -0.102. The van der Waals surface area contributed by atoms with Gasteiger partial charge in [0.1, 0.15) is 6.10 Å². The van der Waals surface area contributed by atoms with Gasteiger partial charge in [-0.3, -0.25) is 24.6 Å². The van der Waals surface area contributed by atoms with Gasteiger partial charge < -0.3 is 14.2 Å². The number of morpholine rings is 1. The molecule has 12 heteroatoms. The lowest BCUT2D eigenvalue weighted by molar-refractivity contribution is 0.0315. The van der Waals surface area contributed by atoms with E-state index in [4.69, 9.17) is 24.3 Å². The summed E-state index contributed by atoms with van der Waals surface area (Å²) in [7, 11) is 4.03. The molecular formula is C30H41N9O3. The molecule has 6 rings (SSSR count). The number of hydrogen-bond donors (Lipinski definition) is 1. The number of likely N-dealkylation sites (N-methyl/N-ethyl adjacent to an activating group) is 1. The number of hydrogen-bond acceptors (Lipinski definition) is 9. The fraction of sp³-hybridized carbons (Fsp3) is 0.533. The van der Waals surface area contributed by atoms with Gasteiger partial charge in [0.25, 0.3) is 0 Å². The van der Waals surface area contributed by atoms with E-state index in [0.717, 1.165) is 77.7 Å². The highest BCUT2D eigenvalue weighted by Crippen LogP contribution is 2.35. The summed E-state index contributed by atoms with van der Waals surface area (Å²) in [5, 5.41) is 18.4. The number of nitrogens with zero attached hydrogens (tertiary/aromatic N) is 8. The van der Waals surface area contributed by atoms with Crippen LogP contribution in [0.1, 0.15) is 49.5 Å². The molecule has 2 atom stereocenters. The second-order valence-electron chi connectivity index (χ2n) is 11.4. The van der Waals surface area contributed by atoms with Crippen molar-refractivity contribution in [2.75, 3.05) is 53.0 Å². The van der Waals surface area contributed by atoms with Crippen LogP contribution in [0.2, 0.25) is 0 Å². The first-order valence-electron chi connectivity index (χ1n) is 14.8. The maximum Gasteiger partial charge on any atom is 0.240 e. The number of aryl methyl sites for hydroxylation is 2. The van der Waals surface area contributed by atoms with Gasteiger partial charge in [-0.2, -0.15) is 10.2 Å². The fourth-order valence-electron chi connectivity index (χ4n) is 6.04. The third kappa shape index (κ3) is 5.53. The minimum Gasteiger partial charge on any atom is -0.476 e. The molecule has 0 unspecified atom stereocenters. The van der Waals surface area contributed by atoms with Gasteiger partial charge in [-0.25, -0.2) is 4.68 Å². The summed E-state index contributed by atoms with van der Waals surface area (Å²) < 4.78 is 22.2. The van der Waals surface area contributed by atoms with Crippen molar-refractivity contribution < 1.29 is 14.2 Å². The lowest BCUT2D eigenvalue weighted by atomic mass is 10.1. The van der Waals surface area contributed by atoms with Crippen LogP contribution in [-0.4, -0.2) is 104 Å². The van der Waals surface area contributed by atoms with E-state index in [1.807, 2.05) is 33.2 Å². The Balaban J connectivity index is 1.47. The van der Waals surface area contributed by atoms with Crippen molar-refractivity contribution in [1.29, 1.82) is 0 Å². The molecule has 0 saturated carbocycles. The Morgan fingerprint density at radius 1 is 1.17 bits per heavy atom. The molecule has 1 fully saturated rings. The standard InChI is InChI=1S/C30H41N9O3/c1-7-41-29-22-8-9-24-23-14-25(31-15-26(23)33-32-24)28-21(4)34-37(6)30(28)42-20(3)17-36(5)18-27(22)39(35-29)19(2)16-38-10-12-40-13-11-38/h8-9,14-15,19-20H,7,10-13,16-18H2,1-6H3,(H,32,33)/b9-8+/t19-,20-/m0/s1. The molecule has 6 heterocycles. The molecule has 0 amide bonds. The van der Waals surface area contributed by atoms with Crippen LogP contribution >= 0.6 is 0 Å². The van der Waals surface area contributed by atoms with Gasteiger partial charge in [0, 0.05) is 45.2 Å². The molecule has 0 aromatic carbocycles. The van der Waals surface area contributed by atoms with E-state index in [1.54, 1.807) is 4.68 Å². The lowest BCUT2D eigenvalue weighted by Gasteiger charge is -2.30. The first-order chi connectivity index (χ1) is 20.3. The number of nitrogens with one attached hydrogen (secondary N) is 1. The Bertz CT molecular complexity index is 1580. The van der Waals surface area contributed by atoms with E-state index in [-0.39, 0.29) is 12.1 Å². The summed E-state index contributed by atoms with van der Waals surface area (Å²) in [4.78, 5) is 9.47. The Kier molecular flexibility index (Phi) is 8.02. The van der Waals surface area contributed by atoms with Crippen LogP contribution in [-0.2, 0) is 18.3 Å². The van der Waals surface area contributed by atoms with Gasteiger partial charge >= 0.3 is 0 Å². The Labute approximate surface area is 246 Å². The third-order valence-electron chi connectivity index (χ3n) is 7.95. The average molecular weight is 576 g/mol. The molecule has 2 aliphatic rings. The molecule has 0 spiro atoms. The number of ether oxygens (including phenoxy) is 3. The molecule has 12 nitrogen and oxygen atoms in total. The SMILES string of the molecule is CCOc1nn([C@@H](C)CN2CCOCC2)c2c1/C=C/c1n[nH]c3cnc(cc13)-c1c(C)nn(C)c1O[C@@H](C)CN(C)C2. The van der Waals surface area contributed by atoms with Crippen molar-refractivity contribution in [2.24, 2.45) is 7.05 Å². The maximum atomic E-state index is 6.57. The van der Waals surface area contributed by atoms with Crippen LogP contribution in [0.5, 0.6) is 11.8 Å². The summed E-state index contributed by atoms with van der Waals surface area (Å²) in [5.41, 5.74) is 6.31. The number of pyridine rings is 1. The van der Waals surface area contributed by atoms with E-state index in [9.17, 15) is 0 Å². The zero-order chi connectivity index (χ0) is 29.4. The van der Waals surface area contributed by atoms with Gasteiger partial charge in [-0.05, 0) is 53.0 Å². The zero-order valence-electron chi connectivity index (χ0n) is 25.4. The van der Waals surface area contributed by atoms with Crippen LogP contribution < -0.4 is 9.47 Å². The highest BCUT2D eigenvalue weighted by atomic mass is 16.5. The first kappa shape index (κ1) is 28.4. The summed E-state index contributed by atoms with van der Waals surface area (Å²) in [6.07, 6.45) is 5.85. The highest BCUT2D eigenvalue weighted by molar-refractivity contribution is 5.92. The van der Waals surface area contributed by atoms with Crippen LogP contribution in [0.25, 0.3) is 34.3 Å². The third-order valence-corrected chi connectivity index (χ3v) is 7.95. The predicted molar refractivity (Wildman–Crippen MR) is 162 cm³/mol. The van der Waals surface area contributed by atoms with Crippen LogP contribution in [0.15, 0.2) is 12.3 Å². The predicted octanol–water partition coefficient (Wildman–Crippen LogP) is 3.54. The normalized spacial score (nSPS) is 20.0. The van der Waals surface area contributed by atoms with Crippen LogP contribution in [0.4, 0.5) is 0 Å². The molecule has 4 aromatic rings. The molecule has 0 radical (unpaired) electrons. The summed E-state index contributed by atoms with van der Waals surface area (Å²) in [6.45, 7) is 14.5. The zero-order valence-corrected chi connectivity index (χ0v) is 25.4. The maximum absolute atomic E-state index is 6.57. The van der Waals surface area contributed by atoms with Crippen LogP contribution in [0, 0.1) is 6.92 Å². The molecule has 224 valence electrons. The molecule has 4 aromatic heterocycles. The van der Waals surface area contributed by atoms with E-state index >= 15 is 0 Å². The van der Waals surface area contributed by atoms with Gasteiger partial charge in [-0.1, -0.05) is 0 Å². The number of aromatic amines is 1. The van der Waals surface area contributed by atoms with Crippen molar-refractivity contribution in [3.8, 4) is 23.0 Å². The number of aromatic nitrogens is 7. The largest absolute Gasteiger partial charge is 0.476 e. The Morgan fingerprint density at radius 2 is 1.98 bits per heavy atom. The van der Waals surface area contributed by atoms with Gasteiger partial charge in [0.15, 0.2) is 0 Å².